The van der Waals surface area contributed by atoms with Crippen LogP contribution in [-0.4, -0.2) is 47.0 Å². The number of para-hydroxylation sites is 1. The van der Waals surface area contributed by atoms with E-state index in [1.807, 2.05) is 18.2 Å². The molecule has 0 spiro atoms. The molecule has 0 bridgehead atoms. The first-order valence-corrected chi connectivity index (χ1v) is 13.5. The lowest BCUT2D eigenvalue weighted by Gasteiger charge is -2.14. The molecule has 2 aromatic rings. The summed E-state index contributed by atoms with van der Waals surface area (Å²) in [6.45, 7) is 5.70. The van der Waals surface area contributed by atoms with Crippen molar-refractivity contribution in [2.24, 2.45) is 0 Å². The van der Waals surface area contributed by atoms with Gasteiger partial charge in [0.15, 0.2) is 5.78 Å². The highest BCUT2D eigenvalue weighted by molar-refractivity contribution is 7.89. The zero-order chi connectivity index (χ0) is 24.6. The summed E-state index contributed by atoms with van der Waals surface area (Å²) in [5, 5.41) is 3.43. The van der Waals surface area contributed by atoms with Gasteiger partial charge in [0.05, 0.1) is 13.7 Å². The van der Waals surface area contributed by atoms with Crippen molar-refractivity contribution in [1.29, 1.82) is 0 Å². The van der Waals surface area contributed by atoms with Gasteiger partial charge >= 0.3 is 0 Å². The lowest BCUT2D eigenvalue weighted by Crippen LogP contribution is -2.30. The Morgan fingerprint density at radius 1 is 1.11 bits per heavy atom. The monoisotopic (exact) mass is 524 g/mol. The van der Waals surface area contributed by atoms with Crippen LogP contribution in [0.1, 0.15) is 61.0 Å². The van der Waals surface area contributed by atoms with Crippen molar-refractivity contribution in [2.45, 2.75) is 63.3 Å². The predicted octanol–water partition coefficient (Wildman–Crippen LogP) is 4.31. The number of sulfonamides is 1. The number of ether oxygens (including phenoxy) is 2. The fourth-order valence-corrected chi connectivity index (χ4v) is 5.59. The number of halogens is 1. The Morgan fingerprint density at radius 2 is 1.86 bits per heavy atom. The highest BCUT2D eigenvalue weighted by Gasteiger charge is 2.28. The van der Waals surface area contributed by atoms with Crippen LogP contribution < -0.4 is 19.5 Å². The number of carbonyl (C=O) groups is 1. The Labute approximate surface area is 215 Å². The van der Waals surface area contributed by atoms with Gasteiger partial charge in [0.1, 0.15) is 16.4 Å². The number of aryl methyl sites for hydroxylation is 1. The van der Waals surface area contributed by atoms with Crippen LogP contribution in [0.4, 0.5) is 0 Å². The van der Waals surface area contributed by atoms with Gasteiger partial charge in [-0.05, 0) is 81.9 Å². The first-order chi connectivity index (χ1) is 16.3. The summed E-state index contributed by atoms with van der Waals surface area (Å²) in [5.41, 5.74) is 2.44. The lowest BCUT2D eigenvalue weighted by atomic mass is 10.0. The maximum atomic E-state index is 12.8. The van der Waals surface area contributed by atoms with Crippen LogP contribution >= 0.6 is 12.4 Å². The van der Waals surface area contributed by atoms with E-state index in [2.05, 4.69) is 16.1 Å². The van der Waals surface area contributed by atoms with E-state index >= 15 is 0 Å². The van der Waals surface area contributed by atoms with Gasteiger partial charge in [0.25, 0.3) is 0 Å². The molecule has 2 aromatic carbocycles. The van der Waals surface area contributed by atoms with E-state index in [0.717, 1.165) is 50.1 Å². The molecule has 3 rings (SSSR count). The molecule has 0 amide bonds. The minimum absolute atomic E-state index is 0. The molecule has 1 aliphatic rings. The number of hydrogen-bond donors (Lipinski definition) is 2. The first kappa shape index (κ1) is 29.1. The molecule has 0 unspecified atom stereocenters. The van der Waals surface area contributed by atoms with Crippen molar-refractivity contribution in [3.05, 3.63) is 53.1 Å². The highest BCUT2D eigenvalue weighted by Crippen LogP contribution is 2.34. The molecule has 0 atom stereocenters. The quantitative estimate of drug-likeness (QED) is 0.282. The smallest absolute Gasteiger partial charge is 0.244 e. The van der Waals surface area contributed by atoms with Gasteiger partial charge < -0.3 is 14.8 Å². The molecule has 0 aliphatic carbocycles. The fourth-order valence-electron chi connectivity index (χ4n) is 4.13. The number of nitrogens with one attached hydrogen (secondary N) is 2. The average Bonchev–Trinajstić information content (AvgIpc) is 3.28. The van der Waals surface area contributed by atoms with E-state index in [1.54, 1.807) is 27.0 Å². The third-order valence-corrected chi connectivity index (χ3v) is 7.42. The number of fused-ring (bicyclic) bond motifs is 1. The van der Waals surface area contributed by atoms with E-state index in [1.165, 1.54) is 11.6 Å². The van der Waals surface area contributed by atoms with Crippen molar-refractivity contribution in [3.63, 3.8) is 0 Å². The van der Waals surface area contributed by atoms with E-state index < -0.39 is 10.0 Å². The third-order valence-electron chi connectivity index (χ3n) is 5.75. The molecule has 1 aliphatic heterocycles. The Balaban J connectivity index is 0.00000432. The van der Waals surface area contributed by atoms with Gasteiger partial charge in [-0.15, -0.1) is 12.4 Å². The van der Waals surface area contributed by atoms with E-state index in [-0.39, 0.29) is 29.1 Å². The van der Waals surface area contributed by atoms with Crippen LogP contribution in [0, 0.1) is 0 Å². The molecule has 0 aromatic heterocycles. The number of ketones is 1. The molecule has 7 nitrogen and oxygen atoms in total. The molecular formula is C26H37ClN2O5S. The number of carbonyl (C=O) groups excluding carboxylic acids is 1. The van der Waals surface area contributed by atoms with Gasteiger partial charge in [0.2, 0.25) is 10.0 Å². The summed E-state index contributed by atoms with van der Waals surface area (Å²) < 4.78 is 39.1. The average molecular weight is 525 g/mol. The summed E-state index contributed by atoms with van der Waals surface area (Å²) in [6, 6.07) is 11.1. The number of hydrogen-bond acceptors (Lipinski definition) is 6. The molecule has 35 heavy (non-hydrogen) atoms. The van der Waals surface area contributed by atoms with Crippen molar-refractivity contribution >= 4 is 28.2 Å². The van der Waals surface area contributed by atoms with E-state index in [9.17, 15) is 13.2 Å². The van der Waals surface area contributed by atoms with Crippen molar-refractivity contribution in [2.75, 3.05) is 26.8 Å². The van der Waals surface area contributed by atoms with Gasteiger partial charge in [-0.3, -0.25) is 4.79 Å². The van der Waals surface area contributed by atoms with Gasteiger partial charge in [-0.2, -0.15) is 0 Å². The Hall–Kier alpha value is -2.13. The second kappa shape index (κ2) is 13.8. The maximum Gasteiger partial charge on any atom is 0.244 e. The van der Waals surface area contributed by atoms with Gasteiger partial charge in [-0.25, -0.2) is 13.1 Å². The standard InChI is InChI=1S/C26H36N2O5S.ClH/c1-19(2)28-34(30,31)25-18-22(17-21-13-16-33-26(21)25)23(29)11-6-7-14-27-15-8-10-20-9-4-5-12-24(20)32-3;/h4-5,9,12,17-19,27-28H,6-8,10-11,13-16H2,1-3H3;1H. The zero-order valence-electron chi connectivity index (χ0n) is 20.8. The molecule has 1 heterocycles. The predicted molar refractivity (Wildman–Crippen MR) is 141 cm³/mol. The first-order valence-electron chi connectivity index (χ1n) is 12.0. The topological polar surface area (TPSA) is 93.7 Å². The van der Waals surface area contributed by atoms with Crippen LogP contribution in [0.5, 0.6) is 11.5 Å². The number of unbranched alkanes of at least 4 members (excludes halogenated alkanes) is 1. The van der Waals surface area contributed by atoms with Crippen LogP contribution in [0.2, 0.25) is 0 Å². The van der Waals surface area contributed by atoms with E-state index in [0.29, 0.717) is 30.8 Å². The third kappa shape index (κ3) is 8.20. The maximum absolute atomic E-state index is 12.8. The minimum Gasteiger partial charge on any atom is -0.496 e. The van der Waals surface area contributed by atoms with Crippen molar-refractivity contribution in [3.8, 4) is 11.5 Å². The Morgan fingerprint density at radius 3 is 2.60 bits per heavy atom. The highest BCUT2D eigenvalue weighted by atomic mass is 35.5. The second-order valence-electron chi connectivity index (χ2n) is 8.88. The van der Waals surface area contributed by atoms with E-state index in [4.69, 9.17) is 9.47 Å². The second-order valence-corrected chi connectivity index (χ2v) is 10.6. The molecule has 0 saturated heterocycles. The number of methoxy groups -OCH3 is 1. The number of benzene rings is 2. The van der Waals surface area contributed by atoms with Crippen LogP contribution in [-0.2, 0) is 22.9 Å². The van der Waals surface area contributed by atoms with Crippen molar-refractivity contribution < 1.29 is 22.7 Å². The normalized spacial score (nSPS) is 12.7. The zero-order valence-corrected chi connectivity index (χ0v) is 22.4. The molecule has 0 fully saturated rings. The van der Waals surface area contributed by atoms with Crippen LogP contribution in [0.15, 0.2) is 41.3 Å². The lowest BCUT2D eigenvalue weighted by molar-refractivity contribution is 0.0979. The molecule has 194 valence electrons. The fraction of sp³-hybridized carbons (Fsp3) is 0.500. The Bertz CT molecular complexity index is 1090. The number of rotatable bonds is 14. The summed E-state index contributed by atoms with van der Waals surface area (Å²) in [6.07, 6.45) is 4.60. The summed E-state index contributed by atoms with van der Waals surface area (Å²) >= 11 is 0. The van der Waals surface area contributed by atoms with Crippen molar-refractivity contribution in [1.82, 2.24) is 10.0 Å². The molecule has 0 radical (unpaired) electrons. The summed E-state index contributed by atoms with van der Waals surface area (Å²) in [5.74, 6) is 1.27. The molecular weight excluding hydrogens is 488 g/mol. The summed E-state index contributed by atoms with van der Waals surface area (Å²) in [4.78, 5) is 12.9. The Kier molecular flexibility index (Phi) is 11.5. The summed E-state index contributed by atoms with van der Waals surface area (Å²) in [7, 11) is -2.06. The SMILES string of the molecule is COc1ccccc1CCCNCCCCC(=O)c1cc2c(c(S(=O)(=O)NC(C)C)c1)OCC2.Cl. The minimum atomic E-state index is -3.75. The van der Waals surface area contributed by atoms with Gasteiger partial charge in [0, 0.05) is 24.4 Å². The van der Waals surface area contributed by atoms with Crippen LogP contribution in [0.3, 0.4) is 0 Å². The van der Waals surface area contributed by atoms with Crippen LogP contribution in [0.25, 0.3) is 0 Å². The molecule has 2 N–H and O–H groups in total. The largest absolute Gasteiger partial charge is 0.496 e. The molecule has 9 heteroatoms. The molecule has 0 saturated carbocycles. The van der Waals surface area contributed by atoms with Gasteiger partial charge in [-0.1, -0.05) is 18.2 Å². The number of Topliss-reactive ketones (excluding diaryl/α,β-unsaturated/α-hetero) is 1.